The molecule has 0 saturated carbocycles. The van der Waals surface area contributed by atoms with Crippen molar-refractivity contribution in [2.24, 2.45) is 12.8 Å². The Kier molecular flexibility index (Phi) is 5.60. The van der Waals surface area contributed by atoms with Crippen molar-refractivity contribution in [1.82, 2.24) is 20.1 Å². The molecule has 3 N–H and O–H groups in total. The van der Waals surface area contributed by atoms with Gasteiger partial charge in [0.05, 0.1) is 12.3 Å². The van der Waals surface area contributed by atoms with Gasteiger partial charge in [0.25, 0.3) is 0 Å². The lowest BCUT2D eigenvalue weighted by molar-refractivity contribution is -0.118. The largest absolute Gasteiger partial charge is 0.351 e. The van der Waals surface area contributed by atoms with Crippen molar-refractivity contribution in [1.29, 1.82) is 0 Å². The summed E-state index contributed by atoms with van der Waals surface area (Å²) < 4.78 is 1.78. The zero-order valence-corrected chi connectivity index (χ0v) is 13.1. The molecule has 0 aliphatic carbocycles. The number of thioether (sulfide) groups is 1. The summed E-state index contributed by atoms with van der Waals surface area (Å²) in [5.41, 5.74) is 6.41. The van der Waals surface area contributed by atoms with Crippen LogP contribution in [0.5, 0.6) is 0 Å². The van der Waals surface area contributed by atoms with E-state index in [9.17, 15) is 4.79 Å². The first-order chi connectivity index (χ1) is 10.1. The van der Waals surface area contributed by atoms with E-state index < -0.39 is 0 Å². The van der Waals surface area contributed by atoms with Crippen LogP contribution in [0.4, 0.5) is 0 Å². The molecule has 1 aromatic carbocycles. The van der Waals surface area contributed by atoms with Gasteiger partial charge in [0.1, 0.15) is 5.82 Å². The Bertz CT molecular complexity index is 631. The van der Waals surface area contributed by atoms with E-state index in [1.54, 1.807) is 10.6 Å². The molecule has 2 aromatic rings. The second-order valence-corrected chi connectivity index (χ2v) is 5.67. The van der Waals surface area contributed by atoms with E-state index in [1.807, 2.05) is 25.2 Å². The summed E-state index contributed by atoms with van der Waals surface area (Å²) in [4.78, 5) is 11.8. The van der Waals surface area contributed by atoms with Crippen molar-refractivity contribution in [3.8, 4) is 0 Å². The van der Waals surface area contributed by atoms with Crippen LogP contribution in [-0.2, 0) is 24.9 Å². The van der Waals surface area contributed by atoms with Gasteiger partial charge < -0.3 is 15.6 Å². The predicted molar refractivity (Wildman–Crippen MR) is 82.9 cm³/mol. The highest BCUT2D eigenvalue weighted by molar-refractivity contribution is 7.99. The maximum atomic E-state index is 11.8. The van der Waals surface area contributed by atoms with Crippen molar-refractivity contribution >= 4 is 29.3 Å². The maximum Gasteiger partial charge on any atom is 0.230 e. The molecule has 0 bridgehead atoms. The fourth-order valence-electron chi connectivity index (χ4n) is 1.67. The highest BCUT2D eigenvalue weighted by atomic mass is 35.5. The summed E-state index contributed by atoms with van der Waals surface area (Å²) in [6, 6.07) is 7.42. The van der Waals surface area contributed by atoms with Crippen LogP contribution in [0.3, 0.4) is 0 Å². The third-order valence-corrected chi connectivity index (χ3v) is 4.26. The number of hydrogen-bond donors (Lipinski definition) is 2. The van der Waals surface area contributed by atoms with Crippen LogP contribution >= 0.6 is 23.4 Å². The van der Waals surface area contributed by atoms with Crippen LogP contribution in [0.25, 0.3) is 0 Å². The third kappa shape index (κ3) is 4.20. The summed E-state index contributed by atoms with van der Waals surface area (Å²) in [7, 11) is 1.83. The minimum atomic E-state index is -0.0859. The van der Waals surface area contributed by atoms with E-state index in [0.717, 1.165) is 5.56 Å². The molecule has 112 valence electrons. The minimum absolute atomic E-state index is 0.0859. The number of nitrogens with one attached hydrogen (secondary N) is 1. The number of nitrogens with zero attached hydrogens (tertiary/aromatic N) is 3. The van der Waals surface area contributed by atoms with Crippen molar-refractivity contribution in [2.75, 3.05) is 5.75 Å². The number of carbonyl (C=O) groups is 1. The summed E-state index contributed by atoms with van der Waals surface area (Å²) in [6.45, 7) is 0.731. The Hall–Kier alpha value is -1.57. The number of nitrogens with two attached hydrogens (primary N) is 1. The van der Waals surface area contributed by atoms with E-state index >= 15 is 0 Å². The molecule has 1 amide bonds. The van der Waals surface area contributed by atoms with Gasteiger partial charge >= 0.3 is 0 Å². The van der Waals surface area contributed by atoms with Crippen LogP contribution in [-0.4, -0.2) is 26.4 Å². The molecule has 0 radical (unpaired) electrons. The SMILES string of the molecule is Cn1c(CN)nnc1SCC(=O)NCc1ccccc1Cl. The van der Waals surface area contributed by atoms with Crippen LogP contribution in [0.2, 0.25) is 5.02 Å². The quantitative estimate of drug-likeness (QED) is 0.783. The normalized spacial score (nSPS) is 10.6. The smallest absolute Gasteiger partial charge is 0.230 e. The zero-order chi connectivity index (χ0) is 15.2. The predicted octanol–water partition coefficient (Wildman–Crippen LogP) is 1.34. The Morgan fingerprint density at radius 1 is 1.43 bits per heavy atom. The molecule has 1 heterocycles. The van der Waals surface area contributed by atoms with Crippen LogP contribution < -0.4 is 11.1 Å². The molecule has 0 atom stereocenters. The van der Waals surface area contributed by atoms with Crippen molar-refractivity contribution in [3.63, 3.8) is 0 Å². The lowest BCUT2D eigenvalue weighted by Crippen LogP contribution is -2.24. The van der Waals surface area contributed by atoms with Gasteiger partial charge in [-0.3, -0.25) is 4.79 Å². The Balaban J connectivity index is 1.82. The van der Waals surface area contributed by atoms with Gasteiger partial charge in [-0.2, -0.15) is 0 Å². The lowest BCUT2D eigenvalue weighted by atomic mass is 10.2. The highest BCUT2D eigenvalue weighted by Gasteiger charge is 2.10. The molecule has 0 fully saturated rings. The first kappa shape index (κ1) is 15.8. The zero-order valence-electron chi connectivity index (χ0n) is 11.5. The lowest BCUT2D eigenvalue weighted by Gasteiger charge is -2.06. The van der Waals surface area contributed by atoms with Crippen molar-refractivity contribution in [2.45, 2.75) is 18.2 Å². The van der Waals surface area contributed by atoms with Gasteiger partial charge in [-0.15, -0.1) is 10.2 Å². The maximum absolute atomic E-state index is 11.8. The molecule has 8 heteroatoms. The van der Waals surface area contributed by atoms with Crippen LogP contribution in [0.15, 0.2) is 29.4 Å². The van der Waals surface area contributed by atoms with E-state index in [-0.39, 0.29) is 11.7 Å². The van der Waals surface area contributed by atoms with Crippen molar-refractivity contribution < 1.29 is 4.79 Å². The molecule has 0 aliphatic heterocycles. The standard InChI is InChI=1S/C13H16ClN5OS/c1-19-11(6-15)17-18-13(19)21-8-12(20)16-7-9-4-2-3-5-10(9)14/h2-5H,6-8,15H2,1H3,(H,16,20). The Morgan fingerprint density at radius 3 is 2.86 bits per heavy atom. The highest BCUT2D eigenvalue weighted by Crippen LogP contribution is 2.16. The first-order valence-electron chi connectivity index (χ1n) is 6.33. The number of benzene rings is 1. The summed E-state index contributed by atoms with van der Waals surface area (Å²) >= 11 is 7.35. The number of rotatable bonds is 6. The van der Waals surface area contributed by atoms with Gasteiger partial charge in [-0.1, -0.05) is 41.6 Å². The summed E-state index contributed by atoms with van der Waals surface area (Å²) in [5, 5.41) is 12.1. The molecule has 0 spiro atoms. The minimum Gasteiger partial charge on any atom is -0.351 e. The van der Waals surface area contributed by atoms with Crippen LogP contribution in [0.1, 0.15) is 11.4 Å². The van der Waals surface area contributed by atoms with Gasteiger partial charge in [0.15, 0.2) is 5.16 Å². The molecule has 2 rings (SSSR count). The molecule has 0 saturated heterocycles. The molecular formula is C13H16ClN5OS. The summed E-state index contributed by atoms with van der Waals surface area (Å²) in [5.74, 6) is 0.868. The molecule has 21 heavy (non-hydrogen) atoms. The van der Waals surface area contributed by atoms with Gasteiger partial charge in [0.2, 0.25) is 5.91 Å². The summed E-state index contributed by atoms with van der Waals surface area (Å²) in [6.07, 6.45) is 0. The molecule has 0 unspecified atom stereocenters. The molecular weight excluding hydrogens is 310 g/mol. The number of halogens is 1. The average Bonchev–Trinajstić information content (AvgIpc) is 2.84. The Morgan fingerprint density at radius 2 is 2.19 bits per heavy atom. The number of hydrogen-bond acceptors (Lipinski definition) is 5. The molecule has 0 aliphatic rings. The van der Waals surface area contributed by atoms with E-state index in [2.05, 4.69) is 15.5 Å². The first-order valence-corrected chi connectivity index (χ1v) is 7.69. The Labute approximate surface area is 132 Å². The number of amides is 1. The number of carbonyl (C=O) groups excluding carboxylic acids is 1. The second-order valence-electron chi connectivity index (χ2n) is 4.32. The van der Waals surface area contributed by atoms with Gasteiger partial charge in [0, 0.05) is 18.6 Å². The van der Waals surface area contributed by atoms with Gasteiger partial charge in [-0.25, -0.2) is 0 Å². The van der Waals surface area contributed by atoms with E-state index in [4.69, 9.17) is 17.3 Å². The molecule has 1 aromatic heterocycles. The van der Waals surface area contributed by atoms with Crippen molar-refractivity contribution in [3.05, 3.63) is 40.7 Å². The fraction of sp³-hybridized carbons (Fsp3) is 0.308. The van der Waals surface area contributed by atoms with Gasteiger partial charge in [-0.05, 0) is 11.6 Å². The van der Waals surface area contributed by atoms with E-state index in [0.29, 0.717) is 29.1 Å². The third-order valence-electron chi connectivity index (χ3n) is 2.87. The molecule has 6 nitrogen and oxygen atoms in total. The number of aromatic nitrogens is 3. The average molecular weight is 326 g/mol. The topological polar surface area (TPSA) is 85.8 Å². The second kappa shape index (κ2) is 7.44. The van der Waals surface area contributed by atoms with Crippen LogP contribution in [0, 0.1) is 0 Å². The van der Waals surface area contributed by atoms with E-state index in [1.165, 1.54) is 11.8 Å². The monoisotopic (exact) mass is 325 g/mol. The fourth-order valence-corrected chi connectivity index (χ4v) is 2.63.